The quantitative estimate of drug-likeness (QED) is 0.746. The molecular formula is C19H22F3N3O5S. The summed E-state index contributed by atoms with van der Waals surface area (Å²) >= 11 is 0. The fraction of sp³-hybridized carbons (Fsp3) is 0.579. The molecule has 1 atom stereocenters. The number of alkyl halides is 3. The van der Waals surface area contributed by atoms with E-state index in [4.69, 9.17) is 4.42 Å². The van der Waals surface area contributed by atoms with Crippen LogP contribution in [0.2, 0.25) is 0 Å². The molecule has 2 aromatic rings. The molecule has 4 heterocycles. The summed E-state index contributed by atoms with van der Waals surface area (Å²) in [6.07, 6.45) is -0.706. The monoisotopic (exact) mass is 461 g/mol. The minimum atomic E-state index is -5.14. The lowest BCUT2D eigenvalue weighted by atomic mass is 9.91. The van der Waals surface area contributed by atoms with E-state index in [1.165, 1.54) is 4.31 Å². The number of aliphatic hydroxyl groups is 1. The molecule has 1 N–H and O–H groups in total. The molecule has 4 rings (SSSR count). The minimum Gasteiger partial charge on any atom is -0.462 e. The summed E-state index contributed by atoms with van der Waals surface area (Å²) < 4.78 is 71.1. The zero-order valence-electron chi connectivity index (χ0n) is 16.7. The maximum atomic E-state index is 12.9. The number of hydrogen-bond donors (Lipinski definition) is 1. The Labute approximate surface area is 176 Å². The van der Waals surface area contributed by atoms with Gasteiger partial charge in [0.15, 0.2) is 5.58 Å². The molecule has 1 amide bonds. The molecule has 2 aliphatic heterocycles. The number of hydrogen-bond acceptors (Lipinski definition) is 6. The number of aromatic nitrogens is 1. The second-order valence-electron chi connectivity index (χ2n) is 8.16. The number of fused-ring (bicyclic) bond motifs is 1. The van der Waals surface area contributed by atoms with Gasteiger partial charge in [0.2, 0.25) is 15.6 Å². The molecule has 0 aromatic carbocycles. The summed E-state index contributed by atoms with van der Waals surface area (Å²) in [5.41, 5.74) is -1.18. The van der Waals surface area contributed by atoms with Crippen LogP contribution >= 0.6 is 0 Å². The van der Waals surface area contributed by atoms with Crippen molar-refractivity contribution in [1.29, 1.82) is 0 Å². The number of likely N-dealkylation sites (tertiary alicyclic amines) is 1. The summed E-state index contributed by atoms with van der Waals surface area (Å²) in [6.45, 7) is 0.151. The Hall–Kier alpha value is -2.18. The van der Waals surface area contributed by atoms with Crippen LogP contribution in [0, 0.1) is 0 Å². The van der Waals surface area contributed by atoms with Crippen LogP contribution in [0.4, 0.5) is 13.2 Å². The third kappa shape index (κ3) is 3.70. The SMILES string of the molecule is C[C@](O)(C(=O)N1CC(S(=O)(=O)N2CCC(c3coc4cccnc34)CC2)C1)C(F)(F)F. The molecule has 0 aliphatic carbocycles. The first kappa shape index (κ1) is 22.0. The van der Waals surface area contributed by atoms with Gasteiger partial charge >= 0.3 is 6.18 Å². The Morgan fingerprint density at radius 3 is 2.52 bits per heavy atom. The zero-order chi connectivity index (χ0) is 22.6. The normalized spacial score (nSPS) is 21.8. The average Bonchev–Trinajstić information content (AvgIpc) is 3.10. The maximum Gasteiger partial charge on any atom is 0.426 e. The van der Waals surface area contributed by atoms with Crippen LogP contribution in [0.1, 0.15) is 31.2 Å². The standard InChI is InChI=1S/C19H22F3N3O5S/c1-18(27,19(20,21)22)17(26)24-9-13(10-24)31(28,29)25-7-4-12(5-8-25)14-11-30-15-3-2-6-23-16(14)15/h2-3,6,11-13,27H,4-5,7-10H2,1H3/t18-/m0/s1. The molecule has 2 fully saturated rings. The number of carbonyl (C=O) groups is 1. The number of rotatable bonds is 4. The largest absolute Gasteiger partial charge is 0.462 e. The second kappa shape index (κ2) is 7.45. The van der Waals surface area contributed by atoms with Crippen LogP contribution in [0.25, 0.3) is 11.1 Å². The first-order valence-electron chi connectivity index (χ1n) is 9.82. The number of sulfonamides is 1. The molecule has 2 aromatic heterocycles. The van der Waals surface area contributed by atoms with Gasteiger partial charge in [0.05, 0.1) is 6.26 Å². The van der Waals surface area contributed by atoms with Crippen molar-refractivity contribution in [3.63, 3.8) is 0 Å². The van der Waals surface area contributed by atoms with E-state index in [0.29, 0.717) is 25.3 Å². The van der Waals surface area contributed by atoms with Gasteiger partial charge in [-0.05, 0) is 37.8 Å². The fourth-order valence-corrected chi connectivity index (χ4v) is 5.91. The van der Waals surface area contributed by atoms with Crippen molar-refractivity contribution in [2.45, 2.75) is 42.7 Å². The molecule has 0 radical (unpaired) electrons. The Bertz CT molecular complexity index is 1080. The molecule has 2 saturated heterocycles. The van der Waals surface area contributed by atoms with Gasteiger partial charge in [-0.25, -0.2) is 12.7 Å². The number of nitrogens with zero attached hydrogens (tertiary/aromatic N) is 3. The maximum absolute atomic E-state index is 12.9. The van der Waals surface area contributed by atoms with Crippen LogP contribution in [-0.4, -0.2) is 76.8 Å². The second-order valence-corrected chi connectivity index (χ2v) is 10.4. The third-order valence-corrected chi connectivity index (χ3v) is 8.36. The predicted molar refractivity (Wildman–Crippen MR) is 104 cm³/mol. The number of piperidine rings is 1. The molecule has 0 bridgehead atoms. The van der Waals surface area contributed by atoms with Crippen molar-refractivity contribution in [2.24, 2.45) is 0 Å². The number of halogens is 3. The molecule has 31 heavy (non-hydrogen) atoms. The highest BCUT2D eigenvalue weighted by molar-refractivity contribution is 7.89. The highest BCUT2D eigenvalue weighted by Crippen LogP contribution is 2.36. The summed E-state index contributed by atoms with van der Waals surface area (Å²) in [7, 11) is -3.77. The van der Waals surface area contributed by atoms with Crippen molar-refractivity contribution >= 4 is 27.0 Å². The van der Waals surface area contributed by atoms with Gasteiger partial charge in [-0.2, -0.15) is 13.2 Å². The van der Waals surface area contributed by atoms with E-state index in [0.717, 1.165) is 16.0 Å². The fourth-order valence-electron chi connectivity index (χ4n) is 4.03. The van der Waals surface area contributed by atoms with Crippen LogP contribution in [0.15, 0.2) is 29.0 Å². The predicted octanol–water partition coefficient (Wildman–Crippen LogP) is 1.86. The molecule has 0 spiro atoms. The number of pyridine rings is 1. The van der Waals surface area contributed by atoms with Gasteiger partial charge in [0, 0.05) is 37.9 Å². The topological polar surface area (TPSA) is 104 Å². The van der Waals surface area contributed by atoms with Gasteiger partial charge in [-0.1, -0.05) is 0 Å². The molecule has 170 valence electrons. The summed E-state index contributed by atoms with van der Waals surface area (Å²) in [5, 5.41) is 8.52. The average molecular weight is 461 g/mol. The zero-order valence-corrected chi connectivity index (χ0v) is 17.5. The molecule has 8 nitrogen and oxygen atoms in total. The Morgan fingerprint density at radius 1 is 1.26 bits per heavy atom. The van der Waals surface area contributed by atoms with E-state index >= 15 is 0 Å². The van der Waals surface area contributed by atoms with Crippen LogP contribution in [-0.2, 0) is 14.8 Å². The Balaban J connectivity index is 1.37. The molecular weight excluding hydrogens is 439 g/mol. The van der Waals surface area contributed by atoms with Gasteiger partial charge in [0.1, 0.15) is 10.8 Å². The molecule has 0 saturated carbocycles. The molecule has 2 aliphatic rings. The summed E-state index contributed by atoms with van der Waals surface area (Å²) in [4.78, 5) is 17.0. The van der Waals surface area contributed by atoms with Crippen LogP contribution in [0.5, 0.6) is 0 Å². The van der Waals surface area contributed by atoms with Crippen molar-refractivity contribution in [3.8, 4) is 0 Å². The van der Waals surface area contributed by atoms with Gasteiger partial charge < -0.3 is 14.4 Å². The number of furan rings is 1. The highest BCUT2D eigenvalue weighted by atomic mass is 32.2. The van der Waals surface area contributed by atoms with Crippen molar-refractivity contribution in [1.82, 2.24) is 14.2 Å². The highest BCUT2D eigenvalue weighted by Gasteiger charge is 2.59. The van der Waals surface area contributed by atoms with Crippen molar-refractivity contribution in [2.75, 3.05) is 26.2 Å². The molecule has 12 heteroatoms. The van der Waals surface area contributed by atoms with E-state index in [-0.39, 0.29) is 32.1 Å². The van der Waals surface area contributed by atoms with E-state index in [9.17, 15) is 31.5 Å². The van der Waals surface area contributed by atoms with Crippen molar-refractivity contribution in [3.05, 3.63) is 30.2 Å². The lowest BCUT2D eigenvalue weighted by Crippen LogP contribution is -2.66. The first-order valence-corrected chi connectivity index (χ1v) is 11.3. The van der Waals surface area contributed by atoms with E-state index in [1.807, 2.05) is 6.07 Å². The minimum absolute atomic E-state index is 0.0870. The van der Waals surface area contributed by atoms with E-state index < -0.39 is 33.0 Å². The van der Waals surface area contributed by atoms with Gasteiger partial charge in [0.25, 0.3) is 5.91 Å². The summed E-state index contributed by atoms with van der Waals surface area (Å²) in [6, 6.07) is 3.58. The third-order valence-electron chi connectivity index (χ3n) is 6.14. The lowest BCUT2D eigenvalue weighted by Gasteiger charge is -2.44. The Kier molecular flexibility index (Phi) is 5.30. The number of amides is 1. The van der Waals surface area contributed by atoms with Crippen molar-refractivity contribution < 1.29 is 35.9 Å². The number of carbonyl (C=O) groups excluding carboxylic acids is 1. The van der Waals surface area contributed by atoms with Crippen LogP contribution in [0.3, 0.4) is 0 Å². The van der Waals surface area contributed by atoms with Gasteiger partial charge in [-0.3, -0.25) is 9.78 Å². The Morgan fingerprint density at radius 2 is 1.90 bits per heavy atom. The lowest BCUT2D eigenvalue weighted by molar-refractivity contribution is -0.251. The van der Waals surface area contributed by atoms with Crippen LogP contribution < -0.4 is 0 Å². The van der Waals surface area contributed by atoms with Gasteiger partial charge in [-0.15, -0.1) is 0 Å². The molecule has 0 unspecified atom stereocenters. The first-order chi connectivity index (χ1) is 14.4. The van der Waals surface area contributed by atoms with E-state index in [2.05, 4.69) is 4.98 Å². The smallest absolute Gasteiger partial charge is 0.426 e. The summed E-state index contributed by atoms with van der Waals surface area (Å²) in [5.74, 6) is -1.45. The van der Waals surface area contributed by atoms with E-state index in [1.54, 1.807) is 18.5 Å².